The summed E-state index contributed by atoms with van der Waals surface area (Å²) >= 11 is 1.56. The molecule has 1 atom stereocenters. The van der Waals surface area contributed by atoms with Gasteiger partial charge in [0.2, 0.25) is 11.8 Å². The minimum Gasteiger partial charge on any atom is -0.472 e. The lowest BCUT2D eigenvalue weighted by Crippen LogP contribution is -2.49. The predicted molar refractivity (Wildman–Crippen MR) is 115 cm³/mol. The van der Waals surface area contributed by atoms with Gasteiger partial charge in [-0.2, -0.15) is 5.26 Å². The molecule has 31 heavy (non-hydrogen) atoms. The van der Waals surface area contributed by atoms with Gasteiger partial charge in [-0.1, -0.05) is 0 Å². The highest BCUT2D eigenvalue weighted by atomic mass is 32.2. The number of likely N-dealkylation sites (tertiary alicyclic amines) is 1. The van der Waals surface area contributed by atoms with Gasteiger partial charge in [-0.05, 0) is 43.2 Å². The van der Waals surface area contributed by atoms with Crippen LogP contribution in [0.2, 0.25) is 0 Å². The summed E-state index contributed by atoms with van der Waals surface area (Å²) in [7, 11) is 0. The number of nitrogens with zero attached hydrogens (tertiary/aromatic N) is 3. The van der Waals surface area contributed by atoms with Crippen LogP contribution in [0.25, 0.3) is 0 Å². The number of nitrogens with one attached hydrogen (secondary N) is 1. The van der Waals surface area contributed by atoms with Crippen LogP contribution >= 0.6 is 11.8 Å². The Morgan fingerprint density at radius 3 is 2.52 bits per heavy atom. The molecule has 1 unspecified atom stereocenters. The topological polar surface area (TPSA) is 107 Å². The van der Waals surface area contributed by atoms with Crippen molar-refractivity contribution in [1.82, 2.24) is 9.80 Å². The molecule has 4 rings (SSSR count). The summed E-state index contributed by atoms with van der Waals surface area (Å²) in [6.45, 7) is 1.01. The first-order chi connectivity index (χ1) is 15.1. The molecule has 2 aliphatic rings. The molecule has 8 nitrogen and oxygen atoms in total. The van der Waals surface area contributed by atoms with Crippen molar-refractivity contribution < 1.29 is 18.8 Å². The van der Waals surface area contributed by atoms with Crippen LogP contribution in [0.4, 0.5) is 5.69 Å². The number of anilines is 1. The highest BCUT2D eigenvalue weighted by Crippen LogP contribution is 2.28. The molecular weight excluding hydrogens is 416 g/mol. The maximum atomic E-state index is 13.1. The second-order valence-corrected chi connectivity index (χ2v) is 8.58. The van der Waals surface area contributed by atoms with Crippen LogP contribution in [0.15, 0.2) is 47.3 Å². The number of amides is 3. The zero-order valence-corrected chi connectivity index (χ0v) is 17.6. The molecule has 9 heteroatoms. The summed E-state index contributed by atoms with van der Waals surface area (Å²) in [5.41, 5.74) is 1.63. The van der Waals surface area contributed by atoms with E-state index in [4.69, 9.17) is 9.68 Å². The molecular formula is C22H22N4O4S. The van der Waals surface area contributed by atoms with Crippen LogP contribution in [0.1, 0.15) is 28.8 Å². The van der Waals surface area contributed by atoms with Gasteiger partial charge >= 0.3 is 0 Å². The number of carbonyl (C=O) groups is 3. The van der Waals surface area contributed by atoms with Gasteiger partial charge in [0, 0.05) is 30.4 Å². The van der Waals surface area contributed by atoms with Gasteiger partial charge in [0.1, 0.15) is 12.3 Å². The van der Waals surface area contributed by atoms with E-state index in [0.29, 0.717) is 54.4 Å². The minimum absolute atomic E-state index is 0.0274. The van der Waals surface area contributed by atoms with Gasteiger partial charge in [-0.25, -0.2) is 0 Å². The van der Waals surface area contributed by atoms with Crippen LogP contribution in [-0.4, -0.2) is 58.3 Å². The summed E-state index contributed by atoms with van der Waals surface area (Å²) in [5.74, 6) is 0.494. The van der Waals surface area contributed by atoms with Crippen LogP contribution in [-0.2, 0) is 9.59 Å². The van der Waals surface area contributed by atoms with Gasteiger partial charge in [0.15, 0.2) is 0 Å². The molecule has 1 aromatic carbocycles. The fraction of sp³-hybridized carbons (Fsp3) is 0.364. The molecule has 2 saturated heterocycles. The molecule has 3 amide bonds. The molecule has 0 radical (unpaired) electrons. The summed E-state index contributed by atoms with van der Waals surface area (Å²) in [6.07, 6.45) is 4.05. The maximum Gasteiger partial charge on any atom is 0.257 e. The Morgan fingerprint density at radius 1 is 1.13 bits per heavy atom. The third kappa shape index (κ3) is 4.59. The fourth-order valence-corrected chi connectivity index (χ4v) is 5.03. The lowest BCUT2D eigenvalue weighted by Gasteiger charge is -2.34. The molecule has 1 aromatic heterocycles. The van der Waals surface area contributed by atoms with E-state index in [9.17, 15) is 14.4 Å². The smallest absolute Gasteiger partial charge is 0.257 e. The third-order valence-corrected chi connectivity index (χ3v) is 6.66. The van der Waals surface area contributed by atoms with Crippen molar-refractivity contribution in [2.24, 2.45) is 5.92 Å². The standard InChI is InChI=1S/C22H22N4O4S/c23-11-15-1-3-18(4-2-15)24-20(27)19-13-31-14-26(19)22(29)16-5-8-25(9-6-16)21(28)17-7-10-30-12-17/h1-4,7,10,12,16,19H,5-6,8-9,13-14H2,(H,24,27). The Kier molecular flexibility index (Phi) is 6.28. The molecule has 2 aliphatic heterocycles. The summed E-state index contributed by atoms with van der Waals surface area (Å²) in [5, 5.41) is 11.7. The third-order valence-electron chi connectivity index (χ3n) is 5.65. The number of hydrogen-bond donors (Lipinski definition) is 1. The van der Waals surface area contributed by atoms with E-state index in [-0.39, 0.29) is 23.6 Å². The van der Waals surface area contributed by atoms with Crippen LogP contribution < -0.4 is 5.32 Å². The molecule has 0 aliphatic carbocycles. The first-order valence-electron chi connectivity index (χ1n) is 10.1. The average Bonchev–Trinajstić information content (AvgIpc) is 3.51. The molecule has 0 saturated carbocycles. The van der Waals surface area contributed by atoms with Crippen molar-refractivity contribution in [1.29, 1.82) is 5.26 Å². The second kappa shape index (κ2) is 9.27. The molecule has 2 aromatic rings. The lowest BCUT2D eigenvalue weighted by atomic mass is 9.94. The Labute approximate surface area is 184 Å². The van der Waals surface area contributed by atoms with Crippen LogP contribution in [0, 0.1) is 17.2 Å². The van der Waals surface area contributed by atoms with E-state index in [0.717, 1.165) is 0 Å². The summed E-state index contributed by atoms with van der Waals surface area (Å²) in [6, 6.07) is 9.78. The number of thioether (sulfide) groups is 1. The number of hydrogen-bond acceptors (Lipinski definition) is 6. The molecule has 2 fully saturated rings. The first-order valence-corrected chi connectivity index (χ1v) is 11.2. The largest absolute Gasteiger partial charge is 0.472 e. The molecule has 0 spiro atoms. The van der Waals surface area contributed by atoms with Crippen LogP contribution in [0.3, 0.4) is 0 Å². The first kappa shape index (κ1) is 21.0. The van der Waals surface area contributed by atoms with Crippen molar-refractivity contribution in [3.63, 3.8) is 0 Å². The summed E-state index contributed by atoms with van der Waals surface area (Å²) in [4.78, 5) is 41.8. The Morgan fingerprint density at radius 2 is 1.87 bits per heavy atom. The van der Waals surface area contributed by atoms with E-state index >= 15 is 0 Å². The van der Waals surface area contributed by atoms with Gasteiger partial charge in [-0.3, -0.25) is 14.4 Å². The lowest BCUT2D eigenvalue weighted by molar-refractivity contribution is -0.140. The fourth-order valence-electron chi connectivity index (χ4n) is 3.86. The van der Waals surface area contributed by atoms with Crippen molar-refractivity contribution in [2.45, 2.75) is 18.9 Å². The number of rotatable bonds is 4. The number of carbonyl (C=O) groups excluding carboxylic acids is 3. The SMILES string of the molecule is N#Cc1ccc(NC(=O)C2CSCN2C(=O)C2CCN(C(=O)c3ccoc3)CC2)cc1. The van der Waals surface area contributed by atoms with E-state index in [1.807, 2.05) is 6.07 Å². The Bertz CT molecular complexity index is 992. The number of nitriles is 1. The van der Waals surface area contributed by atoms with E-state index < -0.39 is 6.04 Å². The minimum atomic E-state index is -0.529. The monoisotopic (exact) mass is 438 g/mol. The summed E-state index contributed by atoms with van der Waals surface area (Å²) < 4.78 is 4.98. The van der Waals surface area contributed by atoms with E-state index in [1.165, 1.54) is 12.5 Å². The highest BCUT2D eigenvalue weighted by molar-refractivity contribution is 7.99. The molecule has 3 heterocycles. The van der Waals surface area contributed by atoms with Crippen molar-refractivity contribution in [2.75, 3.05) is 30.0 Å². The molecule has 160 valence electrons. The van der Waals surface area contributed by atoms with E-state index in [1.54, 1.807) is 51.9 Å². The zero-order chi connectivity index (χ0) is 21.8. The van der Waals surface area contributed by atoms with Gasteiger partial charge < -0.3 is 19.5 Å². The van der Waals surface area contributed by atoms with E-state index in [2.05, 4.69) is 5.32 Å². The second-order valence-electron chi connectivity index (χ2n) is 7.58. The van der Waals surface area contributed by atoms with Crippen molar-refractivity contribution in [3.8, 4) is 6.07 Å². The number of furan rings is 1. The van der Waals surface area contributed by atoms with Gasteiger partial charge in [0.25, 0.3) is 5.91 Å². The number of piperidine rings is 1. The normalized spacial score (nSPS) is 19.1. The maximum absolute atomic E-state index is 13.1. The van der Waals surface area contributed by atoms with Gasteiger partial charge in [-0.15, -0.1) is 11.8 Å². The predicted octanol–water partition coefficient (Wildman–Crippen LogP) is 2.54. The van der Waals surface area contributed by atoms with Crippen molar-refractivity contribution in [3.05, 3.63) is 54.0 Å². The molecule has 1 N–H and O–H groups in total. The highest BCUT2D eigenvalue weighted by Gasteiger charge is 2.39. The molecule has 0 bridgehead atoms. The average molecular weight is 439 g/mol. The van der Waals surface area contributed by atoms with Gasteiger partial charge in [0.05, 0.1) is 29.3 Å². The number of benzene rings is 1. The Balaban J connectivity index is 1.34. The quantitative estimate of drug-likeness (QED) is 0.786. The Hall–Kier alpha value is -3.25. The van der Waals surface area contributed by atoms with Crippen LogP contribution in [0.5, 0.6) is 0 Å². The van der Waals surface area contributed by atoms with Crippen molar-refractivity contribution >= 4 is 35.2 Å². The zero-order valence-electron chi connectivity index (χ0n) is 16.8.